The van der Waals surface area contributed by atoms with E-state index in [1.165, 1.54) is 0 Å². The Balaban J connectivity index is 4.27. The van der Waals surface area contributed by atoms with Gasteiger partial charge in [0.2, 0.25) is 0 Å². The molecule has 0 spiro atoms. The van der Waals surface area contributed by atoms with Gasteiger partial charge < -0.3 is 13.9 Å². The van der Waals surface area contributed by atoms with Gasteiger partial charge in [0.1, 0.15) is 10.5 Å². The number of hydrogen-bond acceptors (Lipinski definition) is 4. The van der Waals surface area contributed by atoms with Crippen molar-refractivity contribution in [1.29, 1.82) is 0 Å². The monoisotopic (exact) mass is 246 g/mol. The number of allylic oxidation sites excluding steroid dienone is 1. The number of rotatable bonds is 9. The SMILES string of the molecule is CCOC(OCC)C(C)=CC(=O)CCO[SiH3]. The van der Waals surface area contributed by atoms with Crippen molar-refractivity contribution in [2.45, 2.75) is 33.5 Å². The van der Waals surface area contributed by atoms with Gasteiger partial charge in [-0.2, -0.15) is 0 Å². The van der Waals surface area contributed by atoms with Gasteiger partial charge in [-0.1, -0.05) is 0 Å². The molecular formula is C11H22O4Si. The lowest BCUT2D eigenvalue weighted by molar-refractivity contribution is -0.118. The quantitative estimate of drug-likeness (QED) is 0.339. The molecule has 94 valence electrons. The molecule has 16 heavy (non-hydrogen) atoms. The van der Waals surface area contributed by atoms with Crippen LogP contribution in [0.1, 0.15) is 27.2 Å². The molecule has 0 fully saturated rings. The van der Waals surface area contributed by atoms with E-state index < -0.39 is 6.29 Å². The third kappa shape index (κ3) is 6.89. The number of carbonyl (C=O) groups is 1. The zero-order valence-electron chi connectivity index (χ0n) is 10.6. The predicted molar refractivity (Wildman–Crippen MR) is 66.3 cm³/mol. The molecule has 0 bridgehead atoms. The van der Waals surface area contributed by atoms with Crippen LogP contribution in [-0.2, 0) is 18.7 Å². The van der Waals surface area contributed by atoms with Crippen LogP contribution in [0.25, 0.3) is 0 Å². The molecule has 5 heteroatoms. The smallest absolute Gasteiger partial charge is 0.179 e. The maximum absolute atomic E-state index is 11.5. The molecule has 0 amide bonds. The Hall–Kier alpha value is -0.493. The normalized spacial score (nSPS) is 12.4. The van der Waals surface area contributed by atoms with Gasteiger partial charge in [-0.25, -0.2) is 0 Å². The van der Waals surface area contributed by atoms with Crippen molar-refractivity contribution in [3.05, 3.63) is 11.6 Å². The standard InChI is InChI=1S/C11H22O4Si/c1-4-13-11(14-5-2)9(3)8-10(12)6-7-15-16/h8,11H,4-7H2,1-3,16H3. The highest BCUT2D eigenvalue weighted by atomic mass is 28.2. The van der Waals surface area contributed by atoms with E-state index in [1.54, 1.807) is 6.08 Å². The van der Waals surface area contributed by atoms with Gasteiger partial charge in [0.05, 0.1) is 0 Å². The van der Waals surface area contributed by atoms with Crippen molar-refractivity contribution < 1.29 is 18.7 Å². The van der Waals surface area contributed by atoms with E-state index in [0.717, 1.165) is 5.57 Å². The molecule has 0 N–H and O–H groups in total. The van der Waals surface area contributed by atoms with Gasteiger partial charge in [0, 0.05) is 26.2 Å². The molecule has 0 saturated carbocycles. The molecule has 0 radical (unpaired) electrons. The van der Waals surface area contributed by atoms with E-state index in [1.807, 2.05) is 20.8 Å². The third-order valence-electron chi connectivity index (χ3n) is 1.95. The minimum atomic E-state index is -0.407. The molecule has 0 aromatic carbocycles. The third-order valence-corrected chi connectivity index (χ3v) is 2.36. The van der Waals surface area contributed by atoms with Gasteiger partial charge >= 0.3 is 0 Å². The van der Waals surface area contributed by atoms with Crippen LogP contribution in [0.5, 0.6) is 0 Å². The van der Waals surface area contributed by atoms with E-state index in [0.29, 0.717) is 36.7 Å². The van der Waals surface area contributed by atoms with Crippen LogP contribution in [0.15, 0.2) is 11.6 Å². The van der Waals surface area contributed by atoms with E-state index in [4.69, 9.17) is 13.9 Å². The lowest BCUT2D eigenvalue weighted by Gasteiger charge is -2.17. The first-order valence-electron chi connectivity index (χ1n) is 5.58. The fourth-order valence-electron chi connectivity index (χ4n) is 1.21. The van der Waals surface area contributed by atoms with Crippen molar-refractivity contribution in [3.63, 3.8) is 0 Å². The number of hydrogen-bond donors (Lipinski definition) is 0. The van der Waals surface area contributed by atoms with Gasteiger partial charge in [-0.05, 0) is 32.4 Å². The van der Waals surface area contributed by atoms with Crippen LogP contribution in [0.2, 0.25) is 0 Å². The summed E-state index contributed by atoms with van der Waals surface area (Å²) in [4.78, 5) is 11.5. The molecule has 0 aliphatic rings. The van der Waals surface area contributed by atoms with Gasteiger partial charge in [0.25, 0.3) is 0 Å². The van der Waals surface area contributed by atoms with E-state index in [9.17, 15) is 4.79 Å². The second kappa shape index (κ2) is 9.71. The Kier molecular flexibility index (Phi) is 9.41. The number of ketones is 1. The second-order valence-electron chi connectivity index (χ2n) is 3.34. The molecule has 0 rings (SSSR count). The minimum absolute atomic E-state index is 0.0535. The Morgan fingerprint density at radius 2 is 1.88 bits per heavy atom. The molecule has 0 heterocycles. The van der Waals surface area contributed by atoms with Crippen molar-refractivity contribution in [2.24, 2.45) is 0 Å². The summed E-state index contributed by atoms with van der Waals surface area (Å²) < 4.78 is 15.7. The van der Waals surface area contributed by atoms with Crippen LogP contribution in [0, 0.1) is 0 Å². The summed E-state index contributed by atoms with van der Waals surface area (Å²) in [6.45, 7) is 7.27. The first-order valence-corrected chi connectivity index (χ1v) is 6.40. The number of ether oxygens (including phenoxy) is 2. The van der Waals surface area contributed by atoms with Gasteiger partial charge in [-0.3, -0.25) is 4.79 Å². The molecular weight excluding hydrogens is 224 g/mol. The maximum Gasteiger partial charge on any atom is 0.179 e. The van der Waals surface area contributed by atoms with E-state index >= 15 is 0 Å². The second-order valence-corrected chi connectivity index (χ2v) is 3.92. The molecule has 0 aromatic heterocycles. The van der Waals surface area contributed by atoms with Crippen molar-refractivity contribution in [2.75, 3.05) is 19.8 Å². The Labute approximate surface area is 100 Å². The van der Waals surface area contributed by atoms with Crippen LogP contribution in [0.4, 0.5) is 0 Å². The zero-order chi connectivity index (χ0) is 12.4. The Morgan fingerprint density at radius 3 is 2.31 bits per heavy atom. The minimum Gasteiger partial charge on any atom is -0.427 e. The average Bonchev–Trinajstić information content (AvgIpc) is 2.26. The summed E-state index contributed by atoms with van der Waals surface area (Å²) in [7, 11) is 0.670. The van der Waals surface area contributed by atoms with E-state index in [2.05, 4.69) is 0 Å². The van der Waals surface area contributed by atoms with Crippen molar-refractivity contribution in [1.82, 2.24) is 0 Å². The molecule has 0 aliphatic heterocycles. The highest BCUT2D eigenvalue weighted by molar-refractivity contribution is 5.98. The number of carbonyl (C=O) groups excluding carboxylic acids is 1. The molecule has 0 unspecified atom stereocenters. The highest BCUT2D eigenvalue weighted by Crippen LogP contribution is 2.08. The van der Waals surface area contributed by atoms with Crippen LogP contribution >= 0.6 is 0 Å². The van der Waals surface area contributed by atoms with Crippen LogP contribution in [-0.4, -0.2) is 42.4 Å². The average molecular weight is 246 g/mol. The topological polar surface area (TPSA) is 44.8 Å². The lowest BCUT2D eigenvalue weighted by atomic mass is 10.2. The highest BCUT2D eigenvalue weighted by Gasteiger charge is 2.11. The fraction of sp³-hybridized carbons (Fsp3) is 0.727. The van der Waals surface area contributed by atoms with Gasteiger partial charge in [-0.15, -0.1) is 0 Å². The molecule has 0 atom stereocenters. The summed E-state index contributed by atoms with van der Waals surface area (Å²) >= 11 is 0. The summed E-state index contributed by atoms with van der Waals surface area (Å²) in [6.07, 6.45) is 1.60. The van der Waals surface area contributed by atoms with Crippen molar-refractivity contribution in [3.8, 4) is 0 Å². The first-order chi connectivity index (χ1) is 7.65. The molecule has 4 nitrogen and oxygen atoms in total. The van der Waals surface area contributed by atoms with E-state index in [-0.39, 0.29) is 5.78 Å². The Bertz CT molecular complexity index is 222. The van der Waals surface area contributed by atoms with Crippen LogP contribution in [0.3, 0.4) is 0 Å². The largest absolute Gasteiger partial charge is 0.427 e. The molecule has 0 aromatic rings. The summed E-state index contributed by atoms with van der Waals surface area (Å²) in [5.74, 6) is 0.0535. The summed E-state index contributed by atoms with van der Waals surface area (Å²) in [6, 6.07) is 0. The lowest BCUT2D eigenvalue weighted by Crippen LogP contribution is -2.19. The summed E-state index contributed by atoms with van der Waals surface area (Å²) in [5, 5.41) is 0. The first kappa shape index (κ1) is 15.5. The van der Waals surface area contributed by atoms with Gasteiger partial charge in [0.15, 0.2) is 12.1 Å². The fourth-order valence-corrected chi connectivity index (χ4v) is 1.41. The van der Waals surface area contributed by atoms with Crippen molar-refractivity contribution >= 4 is 16.3 Å². The maximum atomic E-state index is 11.5. The predicted octanol–water partition coefficient (Wildman–Crippen LogP) is 0.588. The molecule has 0 saturated heterocycles. The Morgan fingerprint density at radius 1 is 1.31 bits per heavy atom. The summed E-state index contributed by atoms with van der Waals surface area (Å²) in [5.41, 5.74) is 0.807. The van der Waals surface area contributed by atoms with Crippen LogP contribution < -0.4 is 0 Å². The molecule has 0 aliphatic carbocycles. The zero-order valence-corrected chi connectivity index (χ0v) is 12.6.